The minimum absolute atomic E-state index is 0.00406. The van der Waals surface area contributed by atoms with E-state index in [0.717, 1.165) is 16.2 Å². The number of rotatable bonds is 5. The van der Waals surface area contributed by atoms with Crippen LogP contribution < -0.4 is 10.6 Å². The predicted molar refractivity (Wildman–Crippen MR) is 100 cm³/mol. The molecule has 0 aliphatic rings. The van der Waals surface area contributed by atoms with E-state index in [1.807, 2.05) is 79.7 Å². The third kappa shape index (κ3) is 3.39. The molecule has 3 aromatic rings. The SMILES string of the molecule is Cc1ccc(C(=O)CP(=O)(c2ccccc2)c2ccccc2)cc1. The van der Waals surface area contributed by atoms with Crippen LogP contribution >= 0.6 is 7.14 Å². The van der Waals surface area contributed by atoms with E-state index in [1.54, 1.807) is 12.1 Å². The molecule has 2 nitrogen and oxygen atoms in total. The number of ketones is 1. The van der Waals surface area contributed by atoms with Crippen molar-refractivity contribution in [2.75, 3.05) is 6.16 Å². The van der Waals surface area contributed by atoms with Crippen molar-refractivity contribution < 1.29 is 9.36 Å². The maximum atomic E-state index is 13.8. The van der Waals surface area contributed by atoms with Crippen LogP contribution in [0.1, 0.15) is 15.9 Å². The molecular formula is C21H19O2P. The highest BCUT2D eigenvalue weighted by Gasteiger charge is 2.30. The van der Waals surface area contributed by atoms with Gasteiger partial charge in [-0.3, -0.25) is 4.79 Å². The Labute approximate surface area is 142 Å². The minimum atomic E-state index is -3.01. The van der Waals surface area contributed by atoms with E-state index in [1.165, 1.54) is 0 Å². The normalized spacial score (nSPS) is 11.2. The molecule has 0 bridgehead atoms. The summed E-state index contributed by atoms with van der Waals surface area (Å²) < 4.78 is 13.8. The Hall–Kier alpha value is -2.44. The van der Waals surface area contributed by atoms with Gasteiger partial charge in [0.25, 0.3) is 0 Å². The summed E-state index contributed by atoms with van der Waals surface area (Å²) in [5.74, 6) is -0.0916. The summed E-state index contributed by atoms with van der Waals surface area (Å²) in [5, 5.41) is 1.44. The van der Waals surface area contributed by atoms with Gasteiger partial charge in [0, 0.05) is 16.2 Å². The fourth-order valence-corrected chi connectivity index (χ4v) is 5.26. The molecule has 0 aliphatic carbocycles. The van der Waals surface area contributed by atoms with Gasteiger partial charge >= 0.3 is 0 Å². The molecule has 0 fully saturated rings. The molecule has 0 heterocycles. The fraction of sp³-hybridized carbons (Fsp3) is 0.0952. The van der Waals surface area contributed by atoms with E-state index in [2.05, 4.69) is 0 Å². The Morgan fingerprint density at radius 2 is 1.21 bits per heavy atom. The number of Topliss-reactive ketones (excluding diaryl/α,β-unsaturated/α-hetero) is 1. The van der Waals surface area contributed by atoms with Crippen LogP contribution in [0, 0.1) is 6.92 Å². The molecule has 3 aromatic carbocycles. The minimum Gasteiger partial charge on any atom is -0.313 e. The Morgan fingerprint density at radius 3 is 1.67 bits per heavy atom. The summed E-state index contributed by atoms with van der Waals surface area (Å²) in [4.78, 5) is 12.7. The number of benzene rings is 3. The molecule has 0 atom stereocenters. The third-order valence-electron chi connectivity index (χ3n) is 4.09. The molecule has 0 aromatic heterocycles. The summed E-state index contributed by atoms with van der Waals surface area (Å²) in [6.07, 6.45) is 0.00406. The molecule has 0 aliphatic heterocycles. The van der Waals surface area contributed by atoms with Gasteiger partial charge in [-0.2, -0.15) is 0 Å². The molecule has 3 heteroatoms. The molecule has 0 saturated carbocycles. The maximum Gasteiger partial charge on any atom is 0.170 e. The fourth-order valence-electron chi connectivity index (χ4n) is 2.70. The Bertz CT molecular complexity index is 825. The first-order valence-corrected chi connectivity index (χ1v) is 9.79. The lowest BCUT2D eigenvalue weighted by Crippen LogP contribution is -2.22. The summed E-state index contributed by atoms with van der Waals surface area (Å²) in [6.45, 7) is 1.98. The number of carbonyl (C=O) groups is 1. The summed E-state index contributed by atoms with van der Waals surface area (Å²) in [6, 6.07) is 26.0. The molecule has 0 spiro atoms. The molecular weight excluding hydrogens is 315 g/mol. The van der Waals surface area contributed by atoms with E-state index in [9.17, 15) is 9.36 Å². The van der Waals surface area contributed by atoms with Crippen molar-refractivity contribution in [2.24, 2.45) is 0 Å². The smallest absolute Gasteiger partial charge is 0.170 e. The Morgan fingerprint density at radius 1 is 0.750 bits per heavy atom. The van der Waals surface area contributed by atoms with Crippen LogP contribution in [0.15, 0.2) is 84.9 Å². The van der Waals surface area contributed by atoms with Gasteiger partial charge < -0.3 is 4.57 Å². The first kappa shape index (κ1) is 16.4. The van der Waals surface area contributed by atoms with Crippen molar-refractivity contribution in [3.8, 4) is 0 Å². The van der Waals surface area contributed by atoms with E-state index in [0.29, 0.717) is 5.56 Å². The second kappa shape index (κ2) is 6.98. The van der Waals surface area contributed by atoms with Gasteiger partial charge in [0.05, 0.1) is 6.16 Å². The van der Waals surface area contributed by atoms with Crippen LogP contribution in [0.5, 0.6) is 0 Å². The first-order valence-electron chi connectivity index (χ1n) is 7.90. The number of hydrogen-bond donors (Lipinski definition) is 0. The van der Waals surface area contributed by atoms with Gasteiger partial charge in [0.15, 0.2) is 12.9 Å². The molecule has 0 unspecified atom stereocenters. The van der Waals surface area contributed by atoms with Crippen LogP contribution in [0.25, 0.3) is 0 Å². The number of carbonyl (C=O) groups excluding carboxylic acids is 1. The second-order valence-electron chi connectivity index (χ2n) is 5.86. The van der Waals surface area contributed by atoms with E-state index < -0.39 is 7.14 Å². The molecule has 3 rings (SSSR count). The maximum absolute atomic E-state index is 13.8. The lowest BCUT2D eigenvalue weighted by Gasteiger charge is -2.18. The van der Waals surface area contributed by atoms with E-state index in [4.69, 9.17) is 0 Å². The van der Waals surface area contributed by atoms with Crippen LogP contribution in [0.2, 0.25) is 0 Å². The molecule has 0 N–H and O–H groups in total. The van der Waals surface area contributed by atoms with Crippen molar-refractivity contribution in [2.45, 2.75) is 6.92 Å². The highest BCUT2D eigenvalue weighted by molar-refractivity contribution is 7.79. The van der Waals surface area contributed by atoms with Crippen molar-refractivity contribution in [3.05, 3.63) is 96.1 Å². The van der Waals surface area contributed by atoms with E-state index >= 15 is 0 Å². The Kier molecular flexibility index (Phi) is 4.78. The zero-order valence-corrected chi connectivity index (χ0v) is 14.4. The van der Waals surface area contributed by atoms with Gasteiger partial charge in [0.1, 0.15) is 0 Å². The average Bonchev–Trinajstić information content (AvgIpc) is 2.63. The summed E-state index contributed by atoms with van der Waals surface area (Å²) in [5.41, 5.74) is 1.70. The van der Waals surface area contributed by atoms with Crippen LogP contribution in [0.3, 0.4) is 0 Å². The predicted octanol–water partition coefficient (Wildman–Crippen LogP) is 4.19. The van der Waals surface area contributed by atoms with E-state index in [-0.39, 0.29) is 11.9 Å². The largest absolute Gasteiger partial charge is 0.313 e. The van der Waals surface area contributed by atoms with Crippen LogP contribution in [-0.4, -0.2) is 11.9 Å². The number of aryl methyl sites for hydroxylation is 1. The third-order valence-corrected chi connectivity index (χ3v) is 7.08. The van der Waals surface area contributed by atoms with Crippen molar-refractivity contribution in [3.63, 3.8) is 0 Å². The van der Waals surface area contributed by atoms with Gasteiger partial charge in [-0.1, -0.05) is 90.5 Å². The zero-order chi connectivity index (χ0) is 17.0. The zero-order valence-electron chi connectivity index (χ0n) is 13.6. The van der Waals surface area contributed by atoms with Gasteiger partial charge in [-0.05, 0) is 6.92 Å². The molecule has 24 heavy (non-hydrogen) atoms. The van der Waals surface area contributed by atoms with Crippen molar-refractivity contribution in [1.29, 1.82) is 0 Å². The van der Waals surface area contributed by atoms with Gasteiger partial charge in [0.2, 0.25) is 0 Å². The topological polar surface area (TPSA) is 34.1 Å². The number of hydrogen-bond acceptors (Lipinski definition) is 2. The Balaban J connectivity index is 2.02. The van der Waals surface area contributed by atoms with Crippen LogP contribution in [0.4, 0.5) is 0 Å². The summed E-state index contributed by atoms with van der Waals surface area (Å²) >= 11 is 0. The lowest BCUT2D eigenvalue weighted by molar-refractivity contribution is 0.102. The van der Waals surface area contributed by atoms with Crippen molar-refractivity contribution >= 4 is 23.5 Å². The molecule has 0 saturated heterocycles. The second-order valence-corrected chi connectivity index (χ2v) is 8.69. The standard InChI is InChI=1S/C21H19O2P/c1-17-12-14-18(15-13-17)21(22)16-24(23,19-8-4-2-5-9-19)20-10-6-3-7-11-20/h2-15H,16H2,1H3. The summed E-state index contributed by atoms with van der Waals surface area (Å²) in [7, 11) is -3.01. The molecule has 120 valence electrons. The first-order chi connectivity index (χ1) is 11.6. The highest BCUT2D eigenvalue weighted by Crippen LogP contribution is 2.43. The van der Waals surface area contributed by atoms with Crippen LogP contribution in [-0.2, 0) is 4.57 Å². The monoisotopic (exact) mass is 334 g/mol. The molecule has 0 amide bonds. The average molecular weight is 334 g/mol. The quantitative estimate of drug-likeness (QED) is 0.518. The highest BCUT2D eigenvalue weighted by atomic mass is 31.2. The molecule has 0 radical (unpaired) electrons. The van der Waals surface area contributed by atoms with Crippen molar-refractivity contribution in [1.82, 2.24) is 0 Å². The van der Waals surface area contributed by atoms with Gasteiger partial charge in [-0.25, -0.2) is 0 Å². The lowest BCUT2D eigenvalue weighted by atomic mass is 10.1. The van der Waals surface area contributed by atoms with Gasteiger partial charge in [-0.15, -0.1) is 0 Å².